The molecular weight excluding hydrogens is 1080 g/mol. The normalized spacial score (nSPS) is 19.3. The van der Waals surface area contributed by atoms with Gasteiger partial charge in [-0.25, -0.2) is 0 Å². The zero-order chi connectivity index (χ0) is 39.2. The topological polar surface area (TPSA) is 0 Å². The molecular formula is C34H34S21. The van der Waals surface area contributed by atoms with Crippen LogP contribution in [0.15, 0.2) is 93.4 Å². The van der Waals surface area contributed by atoms with E-state index in [0.717, 1.165) is 0 Å². The van der Waals surface area contributed by atoms with Gasteiger partial charge in [-0.3, -0.25) is 0 Å². The maximum atomic E-state index is 2.53. The van der Waals surface area contributed by atoms with Crippen molar-refractivity contribution in [3.05, 3.63) is 103 Å². The van der Waals surface area contributed by atoms with Crippen molar-refractivity contribution >= 4 is 258 Å². The second kappa shape index (κ2) is 23.9. The van der Waals surface area contributed by atoms with Crippen molar-refractivity contribution in [1.82, 2.24) is 0 Å². The lowest BCUT2D eigenvalue weighted by molar-refractivity contribution is 1.72. The fourth-order valence-corrected chi connectivity index (χ4v) is 31.1. The van der Waals surface area contributed by atoms with E-state index in [9.17, 15) is 0 Å². The molecule has 296 valence electrons. The summed E-state index contributed by atoms with van der Waals surface area (Å²) >= 11 is 40.2. The summed E-state index contributed by atoms with van der Waals surface area (Å²) < 4.78 is 20.9. The Hall–Kier alpha value is 4.10. The number of rotatable bonds is 15. The molecule has 5 aliphatic rings. The molecule has 0 aliphatic carbocycles. The van der Waals surface area contributed by atoms with Crippen molar-refractivity contribution in [1.29, 1.82) is 0 Å². The van der Waals surface area contributed by atoms with Crippen LogP contribution < -0.4 is 0 Å². The summed E-state index contributed by atoms with van der Waals surface area (Å²) in [5.74, 6) is 0. The smallest absolute Gasteiger partial charge is 0.0657 e. The molecule has 5 aliphatic heterocycles. The van der Waals surface area contributed by atoms with E-state index in [0.29, 0.717) is 0 Å². The molecule has 0 N–H and O–H groups in total. The molecule has 21 heteroatoms. The minimum atomic E-state index is 1.33. The van der Waals surface area contributed by atoms with Gasteiger partial charge in [-0.2, -0.15) is 0 Å². The fourth-order valence-electron chi connectivity index (χ4n) is 4.74. The lowest BCUT2D eigenvalue weighted by atomic mass is 10.1. The molecule has 1 aromatic heterocycles. The summed E-state index contributed by atoms with van der Waals surface area (Å²) in [6.45, 7) is 0. The van der Waals surface area contributed by atoms with E-state index < -0.39 is 0 Å². The number of hydrogen-bond donors (Lipinski definition) is 0. The Morgan fingerprint density at radius 2 is 0.673 bits per heavy atom. The molecule has 0 aromatic carbocycles. The third-order valence-electron chi connectivity index (χ3n) is 7.13. The van der Waals surface area contributed by atoms with E-state index in [1.54, 1.807) is 0 Å². The van der Waals surface area contributed by atoms with Crippen molar-refractivity contribution in [2.24, 2.45) is 0 Å². The van der Waals surface area contributed by atoms with Gasteiger partial charge in [0.15, 0.2) is 0 Å². The maximum Gasteiger partial charge on any atom is 0.0657 e. The Balaban J connectivity index is 1.53. The first-order chi connectivity index (χ1) is 26.8. The Kier molecular flexibility index (Phi) is 21.1. The van der Waals surface area contributed by atoms with Crippen LogP contribution in [0.4, 0.5) is 0 Å². The van der Waals surface area contributed by atoms with Crippen molar-refractivity contribution in [2.45, 2.75) is 0 Å². The first kappa shape index (κ1) is 48.6. The van der Waals surface area contributed by atoms with Crippen LogP contribution in [0.25, 0.3) is 11.1 Å². The molecule has 0 atom stereocenters. The van der Waals surface area contributed by atoms with Crippen LogP contribution in [-0.4, -0.2) is 62.6 Å². The van der Waals surface area contributed by atoms with Gasteiger partial charge < -0.3 is 0 Å². The molecule has 6 heterocycles. The van der Waals surface area contributed by atoms with E-state index in [-0.39, 0.29) is 0 Å². The molecule has 0 saturated heterocycles. The van der Waals surface area contributed by atoms with Gasteiger partial charge in [0.25, 0.3) is 0 Å². The Morgan fingerprint density at radius 3 is 1.05 bits per heavy atom. The summed E-state index contributed by atoms with van der Waals surface area (Å²) in [5.41, 5.74) is 4.06. The van der Waals surface area contributed by atoms with Crippen LogP contribution in [0.2, 0.25) is 0 Å². The van der Waals surface area contributed by atoms with Crippen molar-refractivity contribution in [2.75, 3.05) is 62.6 Å². The molecule has 0 radical (unpaired) electrons. The van der Waals surface area contributed by atoms with E-state index in [2.05, 4.69) is 86.8 Å². The standard InChI is InChI=1S/C34H34S21/c1-35-25-26(36-2)47-19(46-25)13-15(22-50-29(39-5)30(40-6)51-22)17-11-12-18(45-17)21(24-54-33(43-9)34(44-10)55-24)16(23-52-31(41-7)32(42-8)53-23)14-20-48-27(37-3)28(38-4)49-20/h11-14H,1-10H3. The predicted octanol–water partition coefficient (Wildman–Crippen LogP) is 19.6. The SMILES string of the molecule is CSC1=C(SC)SC(=CC(=C2SC(SC)=C(SC)S2)C(=C2SC(SC)=C(SC)S2)c2ccc(C(C=C3SC(SC)=C(SC)S3)=C3SC(SC)=C(SC)S3)s2)S1. The van der Waals surface area contributed by atoms with Crippen LogP contribution in [-0.2, 0) is 0 Å². The zero-order valence-corrected chi connectivity index (χ0v) is 48.0. The monoisotopic (exact) mass is 1110 g/mol. The fraction of sp³-hybridized carbons (Fsp3) is 0.294. The minimum absolute atomic E-state index is 1.33. The Bertz CT molecular complexity index is 1920. The summed E-state index contributed by atoms with van der Waals surface area (Å²) in [4.78, 5) is 2.66. The van der Waals surface area contributed by atoms with Crippen LogP contribution in [0.1, 0.15) is 9.75 Å². The second-order valence-corrected chi connectivity index (χ2v) is 33.5. The molecule has 0 amide bonds. The summed E-state index contributed by atoms with van der Waals surface area (Å²) in [6, 6.07) is 4.83. The minimum Gasteiger partial charge on any atom is -0.135 e. The van der Waals surface area contributed by atoms with Crippen LogP contribution in [0.5, 0.6) is 0 Å². The van der Waals surface area contributed by atoms with Gasteiger partial charge in [-0.15, -0.1) is 129 Å². The van der Waals surface area contributed by atoms with Crippen LogP contribution in [0, 0.1) is 0 Å². The second-order valence-electron chi connectivity index (χ2n) is 10.1. The number of thioether (sulfide) groups is 20. The van der Waals surface area contributed by atoms with Gasteiger partial charge in [0.2, 0.25) is 0 Å². The van der Waals surface area contributed by atoms with Crippen molar-refractivity contribution in [3.8, 4) is 0 Å². The predicted molar refractivity (Wildman–Crippen MR) is 308 cm³/mol. The first-order valence-electron chi connectivity index (χ1n) is 15.4. The zero-order valence-electron chi connectivity index (χ0n) is 30.9. The number of hydrogen-bond acceptors (Lipinski definition) is 21. The summed E-state index contributed by atoms with van der Waals surface area (Å²) in [7, 11) is 0. The van der Waals surface area contributed by atoms with Gasteiger partial charge in [0.05, 0.1) is 63.6 Å². The highest BCUT2D eigenvalue weighted by Gasteiger charge is 2.33. The number of thiophene rings is 1. The van der Waals surface area contributed by atoms with E-state index in [1.807, 2.05) is 247 Å². The molecule has 0 spiro atoms. The third-order valence-corrected chi connectivity index (χ3v) is 34.2. The molecule has 6 rings (SSSR count). The highest BCUT2D eigenvalue weighted by molar-refractivity contribution is 8.43. The van der Waals surface area contributed by atoms with E-state index in [4.69, 9.17) is 0 Å². The highest BCUT2D eigenvalue weighted by atomic mass is 32.3. The van der Waals surface area contributed by atoms with E-state index >= 15 is 0 Å². The van der Waals surface area contributed by atoms with Crippen LogP contribution in [0.3, 0.4) is 0 Å². The molecule has 0 fully saturated rings. The van der Waals surface area contributed by atoms with Gasteiger partial charge >= 0.3 is 0 Å². The maximum absolute atomic E-state index is 2.53. The first-order valence-corrected chi connectivity index (χ1v) is 36.7. The summed E-state index contributed by atoms with van der Waals surface area (Å²) in [6.07, 6.45) is 27.1. The largest absolute Gasteiger partial charge is 0.135 e. The lowest BCUT2D eigenvalue weighted by Crippen LogP contribution is -1.91. The quantitative estimate of drug-likeness (QED) is 0.163. The Morgan fingerprint density at radius 1 is 0.364 bits per heavy atom. The third kappa shape index (κ3) is 11.7. The van der Waals surface area contributed by atoms with E-state index in [1.165, 1.54) is 90.0 Å². The highest BCUT2D eigenvalue weighted by Crippen LogP contribution is 2.66. The van der Waals surface area contributed by atoms with Crippen molar-refractivity contribution in [3.63, 3.8) is 0 Å². The average Bonchev–Trinajstić information content (AvgIpc) is 4.07. The molecule has 0 bridgehead atoms. The number of allylic oxidation sites excluding steroid dienone is 5. The molecule has 1 aromatic rings. The van der Waals surface area contributed by atoms with Gasteiger partial charge in [-0.05, 0) is 86.8 Å². The van der Waals surface area contributed by atoms with Gasteiger partial charge in [0.1, 0.15) is 0 Å². The lowest BCUT2D eigenvalue weighted by Gasteiger charge is -2.15. The summed E-state index contributed by atoms with van der Waals surface area (Å²) in [5, 5.41) is 0. The molecule has 55 heavy (non-hydrogen) atoms. The van der Waals surface area contributed by atoms with Crippen LogP contribution >= 0.6 is 247 Å². The molecule has 0 nitrogen and oxygen atoms in total. The van der Waals surface area contributed by atoms with Gasteiger partial charge in [0, 0.05) is 26.5 Å². The molecule has 0 unspecified atom stereocenters. The average molecular weight is 1120 g/mol. The van der Waals surface area contributed by atoms with Crippen molar-refractivity contribution < 1.29 is 0 Å². The molecule has 0 saturated carbocycles. The Labute approximate surface area is 417 Å². The van der Waals surface area contributed by atoms with Gasteiger partial charge in [-0.1, -0.05) is 118 Å².